The summed E-state index contributed by atoms with van der Waals surface area (Å²) in [5, 5.41) is 11.8. The third-order valence-electron chi connectivity index (χ3n) is 15.7. The largest absolute Gasteiger partial charge is 0.309 e. The van der Waals surface area contributed by atoms with Gasteiger partial charge in [0, 0.05) is 32.5 Å². The highest BCUT2D eigenvalue weighted by Gasteiger charge is 2.28. The van der Waals surface area contributed by atoms with Gasteiger partial charge in [-0.15, -0.1) is 11.3 Å². The molecule has 77 heavy (non-hydrogen) atoms. The van der Waals surface area contributed by atoms with E-state index in [1.54, 1.807) is 11.3 Å². The lowest BCUT2D eigenvalue weighted by molar-refractivity contribution is 0.569. The second-order valence-electron chi connectivity index (χ2n) is 25.4. The summed E-state index contributed by atoms with van der Waals surface area (Å²) in [4.78, 5) is 4.78. The monoisotopic (exact) mass is 1040 g/mol. The number of thiophene rings is 1. The predicted molar refractivity (Wildman–Crippen MR) is 339 cm³/mol. The number of nitrogens with zero attached hydrogens (tertiary/aromatic N) is 2. The number of hydrogen-bond donors (Lipinski definition) is 0. The van der Waals surface area contributed by atoms with Crippen LogP contribution in [0.25, 0.3) is 64.7 Å². The molecule has 0 radical (unpaired) electrons. The molecule has 1 heterocycles. The van der Waals surface area contributed by atoms with Gasteiger partial charge in [-0.2, -0.15) is 0 Å². The van der Waals surface area contributed by atoms with E-state index in [1.165, 1.54) is 75.8 Å². The third kappa shape index (κ3) is 9.83. The maximum absolute atomic E-state index is 8.19. The molecule has 1 aromatic heterocycles. The van der Waals surface area contributed by atoms with Crippen molar-refractivity contribution >= 4 is 99.5 Å². The summed E-state index contributed by atoms with van der Waals surface area (Å²) >= 11 is 9.98. The molecule has 0 spiro atoms. The lowest BCUT2D eigenvalue weighted by atomic mass is 9.79. The molecule has 0 unspecified atom stereocenters. The van der Waals surface area contributed by atoms with E-state index < -0.39 is 0 Å². The fourth-order valence-electron chi connectivity index (χ4n) is 11.0. The van der Waals surface area contributed by atoms with E-state index in [0.29, 0.717) is 5.02 Å². The average Bonchev–Trinajstić information content (AvgIpc) is 3.82. The Balaban J connectivity index is 1.13. The number of aryl methyl sites for hydroxylation is 1. The summed E-state index contributed by atoms with van der Waals surface area (Å²) in [5.41, 5.74) is 17.0. The standard InChI is InChI=1S/C73H71ClN2S/c1-46-28-29-49(48-32-36-61-59-24-15-14-22-57(59)58-23-16-17-25-60(58)62(61)40-48)41-66(46)75(55-34-30-47(31-35-55)50-38-53(72(8,9)10)42-54(39-50)73(11,12)13)64-26-19-27-65(69(64)74)76(56-21-18-20-51(43-56)70(2,3)4)67-45-77-68-37-33-52(44-63(67)68)71(5,6)7/h14-45H,1-13H3. The van der Waals surface area contributed by atoms with Gasteiger partial charge in [0.15, 0.2) is 0 Å². The molecular weight excluding hydrogens is 972 g/mol. The minimum absolute atomic E-state index is 0.00484. The first kappa shape index (κ1) is 51.9. The molecular formula is C73H71ClN2S. The highest BCUT2D eigenvalue weighted by atomic mass is 35.5. The van der Waals surface area contributed by atoms with Crippen molar-refractivity contribution in [1.82, 2.24) is 0 Å². The third-order valence-corrected chi connectivity index (χ3v) is 17.1. The molecule has 386 valence electrons. The number of benzene rings is 10. The van der Waals surface area contributed by atoms with Crippen LogP contribution in [0.15, 0.2) is 193 Å². The molecule has 0 N–H and O–H groups in total. The average molecular weight is 1040 g/mol. The van der Waals surface area contributed by atoms with Gasteiger partial charge in [-0.25, -0.2) is 0 Å². The van der Waals surface area contributed by atoms with E-state index in [-0.39, 0.29) is 21.7 Å². The molecule has 11 aromatic rings. The zero-order chi connectivity index (χ0) is 54.3. The molecule has 0 bridgehead atoms. The van der Waals surface area contributed by atoms with Crippen LogP contribution in [0.2, 0.25) is 5.02 Å². The molecule has 2 nitrogen and oxygen atoms in total. The Kier molecular flexibility index (Phi) is 13.1. The normalized spacial score (nSPS) is 12.5. The molecule has 0 aliphatic carbocycles. The Morgan fingerprint density at radius 3 is 1.40 bits per heavy atom. The van der Waals surface area contributed by atoms with Gasteiger partial charge in [0.25, 0.3) is 0 Å². The molecule has 11 rings (SSSR count). The lowest BCUT2D eigenvalue weighted by Crippen LogP contribution is -2.17. The van der Waals surface area contributed by atoms with Gasteiger partial charge < -0.3 is 9.80 Å². The van der Waals surface area contributed by atoms with E-state index in [2.05, 4.69) is 293 Å². The Hall–Kier alpha value is -7.17. The van der Waals surface area contributed by atoms with Crippen LogP contribution in [0.5, 0.6) is 0 Å². The summed E-state index contributed by atoms with van der Waals surface area (Å²) in [6.45, 7) is 29.8. The van der Waals surface area contributed by atoms with Crippen LogP contribution in [0.1, 0.15) is 111 Å². The van der Waals surface area contributed by atoms with E-state index in [9.17, 15) is 0 Å². The molecule has 0 aliphatic rings. The molecule has 0 aliphatic heterocycles. The van der Waals surface area contributed by atoms with Crippen LogP contribution in [-0.4, -0.2) is 0 Å². The van der Waals surface area contributed by atoms with Gasteiger partial charge in [-0.3, -0.25) is 0 Å². The highest BCUT2D eigenvalue weighted by molar-refractivity contribution is 7.17. The second-order valence-corrected chi connectivity index (χ2v) is 26.7. The molecule has 4 heteroatoms. The number of hydrogen-bond acceptors (Lipinski definition) is 3. The summed E-state index contributed by atoms with van der Waals surface area (Å²) < 4.78 is 1.24. The molecule has 0 amide bonds. The summed E-state index contributed by atoms with van der Waals surface area (Å²) in [5.74, 6) is 0. The number of anilines is 6. The van der Waals surface area contributed by atoms with Crippen LogP contribution >= 0.6 is 22.9 Å². The Morgan fingerprint density at radius 2 is 0.818 bits per heavy atom. The van der Waals surface area contributed by atoms with Gasteiger partial charge >= 0.3 is 0 Å². The first-order valence-electron chi connectivity index (χ1n) is 27.2. The lowest BCUT2D eigenvalue weighted by Gasteiger charge is -2.32. The maximum Gasteiger partial charge on any atom is 0.0887 e. The zero-order valence-electron chi connectivity index (χ0n) is 47.2. The fraction of sp³-hybridized carbons (Fsp3) is 0.233. The van der Waals surface area contributed by atoms with Crippen LogP contribution in [0, 0.1) is 6.92 Å². The van der Waals surface area contributed by atoms with E-state index in [0.717, 1.165) is 50.8 Å². The molecule has 10 aromatic carbocycles. The van der Waals surface area contributed by atoms with Gasteiger partial charge in [-0.05, 0) is 172 Å². The van der Waals surface area contributed by atoms with Crippen LogP contribution < -0.4 is 9.80 Å². The minimum atomic E-state index is -0.0662. The van der Waals surface area contributed by atoms with Crippen molar-refractivity contribution in [2.45, 2.75) is 112 Å². The summed E-state index contributed by atoms with van der Waals surface area (Å²) in [7, 11) is 0. The minimum Gasteiger partial charge on any atom is -0.309 e. The van der Waals surface area contributed by atoms with E-state index >= 15 is 0 Å². The van der Waals surface area contributed by atoms with E-state index in [4.69, 9.17) is 11.6 Å². The van der Waals surface area contributed by atoms with Crippen LogP contribution in [0.3, 0.4) is 0 Å². The van der Waals surface area contributed by atoms with Crippen molar-refractivity contribution < 1.29 is 0 Å². The SMILES string of the molecule is Cc1ccc(-c2ccc3c4ccccc4c4ccccc4c3c2)cc1N(c1ccc(-c2cc(C(C)(C)C)cc(C(C)(C)C)c2)cc1)c1cccc(N(c2cccc(C(C)(C)C)c2)c2csc3ccc(C(C)(C)C)cc23)c1Cl. The first-order chi connectivity index (χ1) is 36.5. The Morgan fingerprint density at radius 1 is 0.325 bits per heavy atom. The maximum atomic E-state index is 8.19. The number of rotatable bonds is 8. The number of halogens is 1. The topological polar surface area (TPSA) is 6.48 Å². The van der Waals surface area contributed by atoms with Crippen molar-refractivity contribution in [2.75, 3.05) is 9.80 Å². The van der Waals surface area contributed by atoms with Gasteiger partial charge in [0.2, 0.25) is 0 Å². The molecule has 0 saturated heterocycles. The smallest absolute Gasteiger partial charge is 0.0887 e. The Labute approximate surface area is 466 Å². The predicted octanol–water partition coefficient (Wildman–Crippen LogP) is 22.8. The second kappa shape index (κ2) is 19.4. The summed E-state index contributed by atoms with van der Waals surface area (Å²) in [6.07, 6.45) is 0. The van der Waals surface area contributed by atoms with Crippen molar-refractivity contribution in [2.24, 2.45) is 0 Å². The quantitative estimate of drug-likeness (QED) is 0.140. The summed E-state index contributed by atoms with van der Waals surface area (Å²) in [6, 6.07) is 70.4. The zero-order valence-corrected chi connectivity index (χ0v) is 48.7. The van der Waals surface area contributed by atoms with Crippen molar-refractivity contribution in [1.29, 1.82) is 0 Å². The van der Waals surface area contributed by atoms with E-state index in [1.807, 2.05) is 0 Å². The van der Waals surface area contributed by atoms with Crippen LogP contribution in [-0.2, 0) is 21.7 Å². The van der Waals surface area contributed by atoms with Gasteiger partial charge in [0.05, 0.1) is 22.1 Å². The molecule has 0 fully saturated rings. The first-order valence-corrected chi connectivity index (χ1v) is 28.5. The van der Waals surface area contributed by atoms with Crippen molar-refractivity contribution in [3.63, 3.8) is 0 Å². The Bertz CT molecular complexity index is 3990. The van der Waals surface area contributed by atoms with Crippen LogP contribution in [0.4, 0.5) is 34.1 Å². The van der Waals surface area contributed by atoms with Crippen molar-refractivity contribution in [3.05, 3.63) is 226 Å². The molecule has 0 saturated carbocycles. The highest BCUT2D eigenvalue weighted by Crippen LogP contribution is 2.51. The fourth-order valence-corrected chi connectivity index (χ4v) is 12.2. The van der Waals surface area contributed by atoms with Gasteiger partial charge in [-0.1, -0.05) is 222 Å². The van der Waals surface area contributed by atoms with Gasteiger partial charge in [0.1, 0.15) is 0 Å². The molecule has 0 atom stereocenters. The van der Waals surface area contributed by atoms with Crippen molar-refractivity contribution in [3.8, 4) is 22.3 Å². The number of fused-ring (bicyclic) bond motifs is 7.